The van der Waals surface area contributed by atoms with Crippen molar-refractivity contribution < 1.29 is 14.7 Å². The Morgan fingerprint density at radius 3 is 2.67 bits per heavy atom. The lowest BCUT2D eigenvalue weighted by atomic mass is 10.1. The standard InChI is InChI=1S/C13H13N5O3/c1-8(2)10(19)6-4-9-5-7-11-14-15-12(18(11)16-9)17(3)13(20)21/h5,7-8H,1-3H3,(H,20,21). The first-order valence-corrected chi connectivity index (χ1v) is 6.15. The second-order valence-corrected chi connectivity index (χ2v) is 4.60. The molecule has 2 heterocycles. The van der Waals surface area contributed by atoms with Crippen molar-refractivity contribution in [3.05, 3.63) is 17.8 Å². The summed E-state index contributed by atoms with van der Waals surface area (Å²) in [5.74, 6) is 4.83. The summed E-state index contributed by atoms with van der Waals surface area (Å²) in [5.41, 5.74) is 0.718. The topological polar surface area (TPSA) is 101 Å². The number of amides is 1. The number of anilines is 1. The van der Waals surface area contributed by atoms with Crippen LogP contribution < -0.4 is 4.90 Å². The zero-order valence-corrected chi connectivity index (χ0v) is 11.7. The van der Waals surface area contributed by atoms with Gasteiger partial charge in [-0.1, -0.05) is 13.8 Å². The summed E-state index contributed by atoms with van der Waals surface area (Å²) in [6.07, 6.45) is -1.18. The third kappa shape index (κ3) is 2.97. The highest BCUT2D eigenvalue weighted by molar-refractivity contribution is 5.97. The first kappa shape index (κ1) is 14.5. The van der Waals surface area contributed by atoms with Crippen LogP contribution in [0.1, 0.15) is 19.5 Å². The first-order valence-electron chi connectivity index (χ1n) is 6.15. The summed E-state index contributed by atoms with van der Waals surface area (Å²) < 4.78 is 1.26. The van der Waals surface area contributed by atoms with Gasteiger partial charge in [0, 0.05) is 13.0 Å². The monoisotopic (exact) mass is 287 g/mol. The second kappa shape index (κ2) is 5.58. The van der Waals surface area contributed by atoms with E-state index in [-0.39, 0.29) is 17.6 Å². The average molecular weight is 287 g/mol. The molecule has 0 bridgehead atoms. The number of aromatic nitrogens is 4. The maximum atomic E-state index is 11.5. The van der Waals surface area contributed by atoms with Crippen molar-refractivity contribution in [2.75, 3.05) is 11.9 Å². The van der Waals surface area contributed by atoms with Crippen molar-refractivity contribution in [1.29, 1.82) is 0 Å². The van der Waals surface area contributed by atoms with Gasteiger partial charge in [-0.25, -0.2) is 9.69 Å². The van der Waals surface area contributed by atoms with E-state index in [9.17, 15) is 9.59 Å². The molecule has 0 fully saturated rings. The molecular formula is C13H13N5O3. The molecule has 8 heteroatoms. The predicted molar refractivity (Wildman–Crippen MR) is 73.9 cm³/mol. The van der Waals surface area contributed by atoms with Crippen LogP contribution in [0.2, 0.25) is 0 Å². The van der Waals surface area contributed by atoms with E-state index in [1.165, 1.54) is 11.6 Å². The molecule has 2 rings (SSSR count). The Kier molecular flexibility index (Phi) is 3.84. The van der Waals surface area contributed by atoms with Crippen molar-refractivity contribution in [1.82, 2.24) is 19.8 Å². The fourth-order valence-electron chi connectivity index (χ4n) is 1.41. The SMILES string of the molecule is CC(C)C(=O)C#Cc1ccc2nnc(N(C)C(=O)O)n2n1. The van der Waals surface area contributed by atoms with Crippen LogP contribution >= 0.6 is 0 Å². The van der Waals surface area contributed by atoms with Crippen LogP contribution in [0.5, 0.6) is 0 Å². The Hall–Kier alpha value is -2.95. The lowest BCUT2D eigenvalue weighted by molar-refractivity contribution is -0.116. The number of carbonyl (C=O) groups excluding carboxylic acids is 1. The van der Waals surface area contributed by atoms with Crippen LogP contribution in [0.25, 0.3) is 5.65 Å². The van der Waals surface area contributed by atoms with Crippen LogP contribution in [0.3, 0.4) is 0 Å². The minimum Gasteiger partial charge on any atom is -0.465 e. The van der Waals surface area contributed by atoms with E-state index in [0.717, 1.165) is 4.90 Å². The Bertz CT molecular complexity index is 769. The molecule has 0 aliphatic rings. The van der Waals surface area contributed by atoms with Gasteiger partial charge in [0.2, 0.25) is 5.78 Å². The lowest BCUT2D eigenvalue weighted by Gasteiger charge is -2.08. The van der Waals surface area contributed by atoms with Crippen LogP contribution in [0.15, 0.2) is 12.1 Å². The molecule has 0 aliphatic heterocycles. The molecule has 2 aromatic heterocycles. The van der Waals surface area contributed by atoms with Crippen molar-refractivity contribution in [3.8, 4) is 11.8 Å². The van der Waals surface area contributed by atoms with Crippen LogP contribution in [0.4, 0.5) is 10.7 Å². The van der Waals surface area contributed by atoms with Crippen molar-refractivity contribution in [3.63, 3.8) is 0 Å². The maximum Gasteiger partial charge on any atom is 0.414 e. The number of Topliss-reactive ketones (excluding diaryl/α,β-unsaturated/α-hetero) is 1. The molecule has 2 aromatic rings. The van der Waals surface area contributed by atoms with E-state index in [0.29, 0.717) is 11.3 Å². The number of rotatable bonds is 2. The number of ketones is 1. The summed E-state index contributed by atoms with van der Waals surface area (Å²) in [6, 6.07) is 3.19. The van der Waals surface area contributed by atoms with E-state index in [2.05, 4.69) is 27.1 Å². The van der Waals surface area contributed by atoms with Gasteiger partial charge in [0.05, 0.1) is 0 Å². The highest BCUT2D eigenvalue weighted by Crippen LogP contribution is 2.11. The van der Waals surface area contributed by atoms with Gasteiger partial charge in [0.25, 0.3) is 5.95 Å². The molecule has 0 saturated carbocycles. The zero-order chi connectivity index (χ0) is 15.6. The molecule has 0 aromatic carbocycles. The number of carbonyl (C=O) groups is 2. The first-order chi connectivity index (χ1) is 9.90. The minimum atomic E-state index is -1.18. The minimum absolute atomic E-state index is 0.0522. The smallest absolute Gasteiger partial charge is 0.414 e. The predicted octanol–water partition coefficient (Wildman–Crippen LogP) is 0.815. The number of nitrogens with zero attached hydrogens (tertiary/aromatic N) is 5. The average Bonchev–Trinajstić information content (AvgIpc) is 2.86. The molecule has 21 heavy (non-hydrogen) atoms. The zero-order valence-electron chi connectivity index (χ0n) is 11.7. The summed E-state index contributed by atoms with van der Waals surface area (Å²) in [7, 11) is 1.33. The highest BCUT2D eigenvalue weighted by Gasteiger charge is 2.16. The largest absolute Gasteiger partial charge is 0.465 e. The molecule has 108 valence electrons. The van der Waals surface area contributed by atoms with Crippen LogP contribution in [0, 0.1) is 17.8 Å². The summed E-state index contributed by atoms with van der Waals surface area (Å²) in [6.45, 7) is 3.51. The quantitative estimate of drug-likeness (QED) is 0.820. The fourth-order valence-corrected chi connectivity index (χ4v) is 1.41. The molecule has 1 N–H and O–H groups in total. The molecular weight excluding hydrogens is 274 g/mol. The normalized spacial score (nSPS) is 10.3. The van der Waals surface area contributed by atoms with Gasteiger partial charge in [-0.3, -0.25) is 4.79 Å². The van der Waals surface area contributed by atoms with Gasteiger partial charge in [-0.2, -0.15) is 9.61 Å². The maximum absolute atomic E-state index is 11.5. The second-order valence-electron chi connectivity index (χ2n) is 4.60. The Morgan fingerprint density at radius 2 is 2.05 bits per heavy atom. The molecule has 0 saturated heterocycles. The molecule has 0 spiro atoms. The van der Waals surface area contributed by atoms with Crippen LogP contribution in [-0.2, 0) is 4.79 Å². The van der Waals surface area contributed by atoms with Gasteiger partial charge in [0.15, 0.2) is 5.65 Å². The van der Waals surface area contributed by atoms with Gasteiger partial charge < -0.3 is 5.11 Å². The van der Waals surface area contributed by atoms with E-state index >= 15 is 0 Å². The molecule has 8 nitrogen and oxygen atoms in total. The summed E-state index contributed by atoms with van der Waals surface area (Å²) >= 11 is 0. The number of fused-ring (bicyclic) bond motifs is 1. The fraction of sp³-hybridized carbons (Fsp3) is 0.308. The van der Waals surface area contributed by atoms with Crippen molar-refractivity contribution in [2.24, 2.45) is 5.92 Å². The van der Waals surface area contributed by atoms with Gasteiger partial charge in [-0.05, 0) is 24.0 Å². The van der Waals surface area contributed by atoms with E-state index in [1.807, 2.05) is 0 Å². The van der Waals surface area contributed by atoms with Gasteiger partial charge in [-0.15, -0.1) is 10.2 Å². The summed E-state index contributed by atoms with van der Waals surface area (Å²) in [4.78, 5) is 23.3. The van der Waals surface area contributed by atoms with Gasteiger partial charge in [0.1, 0.15) is 5.69 Å². The Morgan fingerprint density at radius 1 is 1.33 bits per heavy atom. The van der Waals surface area contributed by atoms with Crippen molar-refractivity contribution in [2.45, 2.75) is 13.8 Å². The van der Waals surface area contributed by atoms with E-state index in [1.54, 1.807) is 26.0 Å². The third-order valence-corrected chi connectivity index (χ3v) is 2.67. The van der Waals surface area contributed by atoms with E-state index in [4.69, 9.17) is 5.11 Å². The number of hydrogen-bond donors (Lipinski definition) is 1. The third-order valence-electron chi connectivity index (χ3n) is 2.67. The lowest BCUT2D eigenvalue weighted by Crippen LogP contribution is -2.26. The summed E-state index contributed by atoms with van der Waals surface area (Å²) in [5, 5.41) is 20.7. The number of hydrogen-bond acceptors (Lipinski definition) is 5. The van der Waals surface area contributed by atoms with Gasteiger partial charge >= 0.3 is 6.09 Å². The van der Waals surface area contributed by atoms with Crippen LogP contribution in [-0.4, -0.2) is 43.8 Å². The Labute approximate surface area is 120 Å². The molecule has 1 amide bonds. The number of carboxylic acid groups (broad SMARTS) is 1. The molecule has 0 aliphatic carbocycles. The molecule has 0 unspecified atom stereocenters. The highest BCUT2D eigenvalue weighted by atomic mass is 16.4. The Balaban J connectivity index is 2.43. The van der Waals surface area contributed by atoms with Crippen molar-refractivity contribution >= 4 is 23.5 Å². The van der Waals surface area contributed by atoms with E-state index < -0.39 is 6.09 Å². The molecule has 0 radical (unpaired) electrons. The molecule has 0 atom stereocenters.